The Balaban J connectivity index is 1.37. The fraction of sp³-hybridized carbons (Fsp3) is 0.318. The number of hydrogen-bond donors (Lipinski definition) is 1. The first kappa shape index (κ1) is 19.9. The van der Waals surface area contributed by atoms with E-state index in [-0.39, 0.29) is 11.4 Å². The molecule has 160 valence electrons. The van der Waals surface area contributed by atoms with E-state index in [1.807, 2.05) is 18.2 Å². The number of nitrogens with one attached hydrogen (secondary N) is 1. The van der Waals surface area contributed by atoms with Crippen LogP contribution >= 0.6 is 11.3 Å². The van der Waals surface area contributed by atoms with Crippen molar-refractivity contribution in [2.24, 2.45) is 0 Å². The van der Waals surface area contributed by atoms with Gasteiger partial charge in [-0.2, -0.15) is 0 Å². The van der Waals surface area contributed by atoms with Crippen LogP contribution in [-0.4, -0.2) is 54.0 Å². The van der Waals surface area contributed by atoms with Gasteiger partial charge in [0.15, 0.2) is 17.3 Å². The van der Waals surface area contributed by atoms with Crippen LogP contribution < -0.4 is 10.2 Å². The van der Waals surface area contributed by atoms with E-state index in [0.717, 1.165) is 35.5 Å². The van der Waals surface area contributed by atoms with Crippen molar-refractivity contribution < 1.29 is 13.6 Å². The molecule has 31 heavy (non-hydrogen) atoms. The lowest BCUT2D eigenvalue weighted by molar-refractivity contribution is 0.103. The van der Waals surface area contributed by atoms with Crippen LogP contribution in [0.2, 0.25) is 0 Å². The van der Waals surface area contributed by atoms with E-state index in [1.165, 1.54) is 17.4 Å². The summed E-state index contributed by atoms with van der Waals surface area (Å²) < 4.78 is 19.7. The maximum atomic E-state index is 14.3. The van der Waals surface area contributed by atoms with Gasteiger partial charge in [0, 0.05) is 43.2 Å². The Labute approximate surface area is 182 Å². The number of oxazole rings is 1. The summed E-state index contributed by atoms with van der Waals surface area (Å²) in [6, 6.07) is 9.16. The van der Waals surface area contributed by atoms with E-state index in [9.17, 15) is 9.18 Å². The summed E-state index contributed by atoms with van der Waals surface area (Å²) in [5, 5.41) is 3.66. The van der Waals surface area contributed by atoms with Gasteiger partial charge < -0.3 is 19.5 Å². The Morgan fingerprint density at radius 2 is 2.13 bits per heavy atom. The van der Waals surface area contributed by atoms with Gasteiger partial charge in [-0.25, -0.2) is 14.4 Å². The molecule has 0 spiro atoms. The molecule has 4 aromatic rings. The highest BCUT2D eigenvalue weighted by atomic mass is 32.1. The van der Waals surface area contributed by atoms with E-state index in [0.29, 0.717) is 28.1 Å². The molecule has 9 heteroatoms. The molecule has 1 amide bonds. The van der Waals surface area contributed by atoms with Gasteiger partial charge >= 0.3 is 0 Å². The second-order valence-corrected chi connectivity index (χ2v) is 9.05. The molecule has 1 fully saturated rings. The van der Waals surface area contributed by atoms with Crippen molar-refractivity contribution in [3.05, 3.63) is 46.9 Å². The van der Waals surface area contributed by atoms with Crippen LogP contribution in [0.1, 0.15) is 22.0 Å². The number of halogens is 1. The number of hydrogen-bond acceptors (Lipinski definition) is 7. The third kappa shape index (κ3) is 3.75. The number of thiophene rings is 1. The lowest BCUT2D eigenvalue weighted by Crippen LogP contribution is -2.31. The molecule has 1 aliphatic rings. The number of benzene rings is 1. The van der Waals surface area contributed by atoms with Gasteiger partial charge in [0.25, 0.3) is 5.91 Å². The number of aromatic nitrogens is 2. The molecule has 1 N–H and O–H groups in total. The zero-order valence-electron chi connectivity index (χ0n) is 17.5. The van der Waals surface area contributed by atoms with Crippen LogP contribution in [0.3, 0.4) is 0 Å². The van der Waals surface area contributed by atoms with Crippen LogP contribution in [0, 0.1) is 12.7 Å². The van der Waals surface area contributed by atoms with E-state index >= 15 is 0 Å². The van der Waals surface area contributed by atoms with Gasteiger partial charge in [0.05, 0.1) is 4.88 Å². The molecule has 5 rings (SSSR count). The number of rotatable bonds is 4. The van der Waals surface area contributed by atoms with Gasteiger partial charge in [-0.3, -0.25) is 4.79 Å². The van der Waals surface area contributed by atoms with Crippen LogP contribution in [0.15, 0.2) is 34.7 Å². The average molecular weight is 440 g/mol. The van der Waals surface area contributed by atoms with Gasteiger partial charge in [0.2, 0.25) is 0 Å². The van der Waals surface area contributed by atoms with Crippen molar-refractivity contribution in [3.63, 3.8) is 0 Å². The first-order chi connectivity index (χ1) is 14.9. The second-order valence-electron chi connectivity index (χ2n) is 8.02. The highest BCUT2D eigenvalue weighted by molar-refractivity contribution is 7.20. The maximum Gasteiger partial charge on any atom is 0.265 e. The van der Waals surface area contributed by atoms with Crippen molar-refractivity contribution in [3.8, 4) is 0 Å². The SMILES string of the molecule is Cc1nc2c(F)cc(NC(=O)c3cc4ccc(N5CCC(N(C)C)C5)nc4s3)cc2o1. The van der Waals surface area contributed by atoms with Crippen LogP contribution in [0.25, 0.3) is 21.3 Å². The normalized spacial score (nSPS) is 16.7. The van der Waals surface area contributed by atoms with Crippen molar-refractivity contribution in [1.29, 1.82) is 0 Å². The van der Waals surface area contributed by atoms with Gasteiger partial charge in [-0.05, 0) is 44.8 Å². The van der Waals surface area contributed by atoms with E-state index < -0.39 is 5.82 Å². The summed E-state index contributed by atoms with van der Waals surface area (Å²) in [6.07, 6.45) is 1.11. The first-order valence-electron chi connectivity index (χ1n) is 10.1. The number of anilines is 2. The van der Waals surface area contributed by atoms with Crippen LogP contribution in [-0.2, 0) is 0 Å². The maximum absolute atomic E-state index is 14.3. The Kier molecular flexibility index (Phi) is 4.86. The van der Waals surface area contributed by atoms with Crippen molar-refractivity contribution in [2.45, 2.75) is 19.4 Å². The second kappa shape index (κ2) is 7.58. The molecule has 0 aliphatic carbocycles. The van der Waals surface area contributed by atoms with Crippen molar-refractivity contribution >= 4 is 50.1 Å². The number of aryl methyl sites for hydroxylation is 1. The van der Waals surface area contributed by atoms with Gasteiger partial charge in [-0.15, -0.1) is 11.3 Å². The summed E-state index contributed by atoms with van der Waals surface area (Å²) in [7, 11) is 4.20. The minimum absolute atomic E-state index is 0.160. The summed E-state index contributed by atoms with van der Waals surface area (Å²) in [6.45, 7) is 3.56. The molecule has 0 bridgehead atoms. The summed E-state index contributed by atoms with van der Waals surface area (Å²) >= 11 is 1.33. The van der Waals surface area contributed by atoms with Crippen LogP contribution in [0.4, 0.5) is 15.9 Å². The summed E-state index contributed by atoms with van der Waals surface area (Å²) in [5.74, 6) is 0.458. The van der Waals surface area contributed by atoms with Crippen molar-refractivity contribution in [2.75, 3.05) is 37.4 Å². The Bertz CT molecular complexity index is 1300. The van der Waals surface area contributed by atoms with Crippen LogP contribution in [0.5, 0.6) is 0 Å². The number of fused-ring (bicyclic) bond motifs is 2. The third-order valence-electron chi connectivity index (χ3n) is 5.62. The zero-order valence-corrected chi connectivity index (χ0v) is 18.3. The largest absolute Gasteiger partial charge is 0.441 e. The molecule has 7 nitrogen and oxygen atoms in total. The summed E-state index contributed by atoms with van der Waals surface area (Å²) in [4.78, 5) is 27.4. The molecule has 0 saturated carbocycles. The highest BCUT2D eigenvalue weighted by Gasteiger charge is 2.25. The molecular formula is C22H22FN5O2S. The Morgan fingerprint density at radius 3 is 2.90 bits per heavy atom. The van der Waals surface area contributed by atoms with Gasteiger partial charge in [0.1, 0.15) is 16.2 Å². The predicted octanol–water partition coefficient (Wildman–Crippen LogP) is 4.28. The third-order valence-corrected chi connectivity index (χ3v) is 6.67. The Hall–Kier alpha value is -3.04. The van der Waals surface area contributed by atoms with Gasteiger partial charge in [-0.1, -0.05) is 0 Å². The molecule has 1 aliphatic heterocycles. The fourth-order valence-corrected chi connectivity index (χ4v) is 4.85. The smallest absolute Gasteiger partial charge is 0.265 e. The van der Waals surface area contributed by atoms with E-state index in [1.54, 1.807) is 13.0 Å². The molecular weight excluding hydrogens is 417 g/mol. The van der Waals surface area contributed by atoms with Crippen molar-refractivity contribution in [1.82, 2.24) is 14.9 Å². The molecule has 4 heterocycles. The number of carbonyl (C=O) groups is 1. The highest BCUT2D eigenvalue weighted by Crippen LogP contribution is 2.30. The quantitative estimate of drug-likeness (QED) is 0.512. The first-order valence-corrected chi connectivity index (χ1v) is 10.9. The molecule has 3 aromatic heterocycles. The minimum Gasteiger partial charge on any atom is -0.441 e. The Morgan fingerprint density at radius 1 is 1.29 bits per heavy atom. The number of likely N-dealkylation sites (N-methyl/N-ethyl adjacent to an activating group) is 1. The standard InChI is InChI=1S/C22H22FN5O2S/c1-12-24-20-16(23)9-14(10-17(20)30-12)25-21(29)18-8-13-4-5-19(26-22(13)31-18)28-7-6-15(11-28)27(2)3/h4-5,8-10,15H,6-7,11H2,1-3H3,(H,25,29). The average Bonchev–Trinajstić information content (AvgIpc) is 3.44. The number of pyridine rings is 1. The predicted molar refractivity (Wildman–Crippen MR) is 121 cm³/mol. The zero-order chi connectivity index (χ0) is 21.7. The van der Waals surface area contributed by atoms with E-state index in [4.69, 9.17) is 9.40 Å². The molecule has 1 aromatic carbocycles. The monoisotopic (exact) mass is 439 g/mol. The fourth-order valence-electron chi connectivity index (χ4n) is 3.93. The molecule has 1 atom stereocenters. The summed E-state index contributed by atoms with van der Waals surface area (Å²) in [5.41, 5.74) is 0.786. The van der Waals surface area contributed by atoms with E-state index in [2.05, 4.69) is 34.2 Å². The molecule has 1 saturated heterocycles. The lowest BCUT2D eigenvalue weighted by Gasteiger charge is -2.21. The topological polar surface area (TPSA) is 74.5 Å². The molecule has 0 radical (unpaired) electrons. The molecule has 1 unspecified atom stereocenters. The number of carbonyl (C=O) groups excluding carboxylic acids is 1. The minimum atomic E-state index is -0.533. The number of amides is 1. The number of nitrogens with zero attached hydrogens (tertiary/aromatic N) is 4. The lowest BCUT2D eigenvalue weighted by atomic mass is 10.2.